The Labute approximate surface area is 109 Å². The average Bonchev–Trinajstić information content (AvgIpc) is 3.11. The van der Waals surface area contributed by atoms with E-state index in [1.807, 2.05) is 4.90 Å². The lowest BCUT2D eigenvalue weighted by Crippen LogP contribution is -2.60. The Hall–Kier alpha value is -0.810. The number of carbonyl (C=O) groups excluding carboxylic acids is 1. The molecule has 5 heteroatoms. The van der Waals surface area contributed by atoms with Gasteiger partial charge in [-0.1, -0.05) is 0 Å². The molecule has 0 spiro atoms. The molecule has 2 rings (SSSR count). The number of methoxy groups -OCH3 is 1. The summed E-state index contributed by atoms with van der Waals surface area (Å²) in [5.74, 6) is 0. The monoisotopic (exact) mass is 255 g/mol. The molecule has 104 valence electrons. The van der Waals surface area contributed by atoms with E-state index in [9.17, 15) is 4.79 Å². The van der Waals surface area contributed by atoms with Gasteiger partial charge in [0, 0.05) is 44.9 Å². The van der Waals surface area contributed by atoms with E-state index in [1.54, 1.807) is 7.11 Å². The Kier molecular flexibility index (Phi) is 4.45. The Balaban J connectivity index is 1.84. The van der Waals surface area contributed by atoms with Crippen LogP contribution < -0.4 is 5.32 Å². The second-order valence-electron chi connectivity index (χ2n) is 5.56. The van der Waals surface area contributed by atoms with Crippen LogP contribution in [0.3, 0.4) is 0 Å². The summed E-state index contributed by atoms with van der Waals surface area (Å²) in [6.45, 7) is 7.69. The van der Waals surface area contributed by atoms with Crippen LogP contribution in [0.4, 0.5) is 4.79 Å². The van der Waals surface area contributed by atoms with Crippen molar-refractivity contribution in [1.29, 1.82) is 0 Å². The van der Waals surface area contributed by atoms with Crippen molar-refractivity contribution >= 4 is 6.03 Å². The minimum atomic E-state index is 0.114. The SMILES string of the molecule is COCCN1C(C)CN(C(=O)NC2CC2)CC1C. The molecule has 1 heterocycles. The molecule has 0 radical (unpaired) electrons. The smallest absolute Gasteiger partial charge is 0.317 e. The van der Waals surface area contributed by atoms with Crippen LogP contribution in [-0.4, -0.2) is 67.3 Å². The summed E-state index contributed by atoms with van der Waals surface area (Å²) in [7, 11) is 1.73. The number of urea groups is 1. The maximum absolute atomic E-state index is 12.0. The Morgan fingerprint density at radius 3 is 2.39 bits per heavy atom. The van der Waals surface area contributed by atoms with E-state index in [4.69, 9.17) is 4.74 Å². The van der Waals surface area contributed by atoms with Crippen molar-refractivity contribution in [1.82, 2.24) is 15.1 Å². The quantitative estimate of drug-likeness (QED) is 0.812. The van der Waals surface area contributed by atoms with Crippen molar-refractivity contribution in [2.45, 2.75) is 44.8 Å². The van der Waals surface area contributed by atoms with Crippen molar-refractivity contribution in [3.05, 3.63) is 0 Å². The predicted molar refractivity (Wildman–Crippen MR) is 70.6 cm³/mol. The van der Waals surface area contributed by atoms with Gasteiger partial charge in [0.1, 0.15) is 0 Å². The van der Waals surface area contributed by atoms with Crippen molar-refractivity contribution in [3.8, 4) is 0 Å². The third-order valence-corrected chi connectivity index (χ3v) is 3.85. The summed E-state index contributed by atoms with van der Waals surface area (Å²) in [5, 5.41) is 3.07. The van der Waals surface area contributed by atoms with Crippen LogP contribution in [0.1, 0.15) is 26.7 Å². The van der Waals surface area contributed by atoms with Gasteiger partial charge in [0.15, 0.2) is 0 Å². The van der Waals surface area contributed by atoms with E-state index >= 15 is 0 Å². The summed E-state index contributed by atoms with van der Waals surface area (Å²) >= 11 is 0. The first-order chi connectivity index (χ1) is 8.61. The largest absolute Gasteiger partial charge is 0.383 e. The number of carbonyl (C=O) groups is 1. The van der Waals surface area contributed by atoms with Crippen LogP contribution in [0.15, 0.2) is 0 Å². The van der Waals surface area contributed by atoms with Crippen LogP contribution in [-0.2, 0) is 4.74 Å². The molecule has 0 aromatic rings. The highest BCUT2D eigenvalue weighted by Crippen LogP contribution is 2.20. The fourth-order valence-electron chi connectivity index (χ4n) is 2.65. The van der Waals surface area contributed by atoms with Gasteiger partial charge in [-0.2, -0.15) is 0 Å². The third kappa shape index (κ3) is 3.36. The fourth-order valence-corrected chi connectivity index (χ4v) is 2.65. The number of hydrogen-bond acceptors (Lipinski definition) is 3. The second-order valence-corrected chi connectivity index (χ2v) is 5.56. The third-order valence-electron chi connectivity index (χ3n) is 3.85. The summed E-state index contributed by atoms with van der Waals surface area (Å²) in [4.78, 5) is 16.4. The molecule has 2 fully saturated rings. The number of piperazine rings is 1. The van der Waals surface area contributed by atoms with Crippen LogP contribution in [0.2, 0.25) is 0 Å². The topological polar surface area (TPSA) is 44.8 Å². The molecule has 1 N–H and O–H groups in total. The van der Waals surface area contributed by atoms with Gasteiger partial charge in [-0.3, -0.25) is 4.90 Å². The van der Waals surface area contributed by atoms with E-state index in [0.717, 1.165) is 39.1 Å². The Bertz CT molecular complexity index is 282. The molecule has 2 aliphatic rings. The van der Waals surface area contributed by atoms with E-state index in [-0.39, 0.29) is 6.03 Å². The average molecular weight is 255 g/mol. The van der Waals surface area contributed by atoms with E-state index in [1.165, 1.54) is 0 Å². The Morgan fingerprint density at radius 2 is 1.89 bits per heavy atom. The van der Waals surface area contributed by atoms with Gasteiger partial charge < -0.3 is 15.0 Å². The highest BCUT2D eigenvalue weighted by molar-refractivity contribution is 5.75. The number of hydrogen-bond donors (Lipinski definition) is 1. The van der Waals surface area contributed by atoms with Gasteiger partial charge in [-0.15, -0.1) is 0 Å². The molecule has 1 aliphatic heterocycles. The lowest BCUT2D eigenvalue weighted by atomic mass is 10.1. The molecular formula is C13H25N3O2. The van der Waals surface area contributed by atoms with Gasteiger partial charge >= 0.3 is 6.03 Å². The zero-order valence-corrected chi connectivity index (χ0v) is 11.7. The first kappa shape index (κ1) is 13.6. The molecule has 0 bridgehead atoms. The number of nitrogens with one attached hydrogen (secondary N) is 1. The highest BCUT2D eigenvalue weighted by Gasteiger charge is 2.33. The summed E-state index contributed by atoms with van der Waals surface area (Å²) in [6, 6.07) is 1.35. The van der Waals surface area contributed by atoms with E-state index < -0.39 is 0 Å². The number of nitrogens with zero attached hydrogens (tertiary/aromatic N) is 2. The zero-order valence-electron chi connectivity index (χ0n) is 11.7. The van der Waals surface area contributed by atoms with Crippen LogP contribution in [0.25, 0.3) is 0 Å². The molecule has 18 heavy (non-hydrogen) atoms. The van der Waals surface area contributed by atoms with Crippen LogP contribution >= 0.6 is 0 Å². The van der Waals surface area contributed by atoms with Crippen molar-refractivity contribution in [2.24, 2.45) is 0 Å². The maximum Gasteiger partial charge on any atom is 0.317 e. The second kappa shape index (κ2) is 5.89. The van der Waals surface area contributed by atoms with Gasteiger partial charge in [-0.05, 0) is 26.7 Å². The predicted octanol–water partition coefficient (Wildman–Crippen LogP) is 0.899. The summed E-state index contributed by atoms with van der Waals surface area (Å²) in [5.41, 5.74) is 0. The summed E-state index contributed by atoms with van der Waals surface area (Å²) in [6.07, 6.45) is 2.29. The van der Waals surface area contributed by atoms with Gasteiger partial charge in [0.25, 0.3) is 0 Å². The normalized spacial score (nSPS) is 29.4. The Morgan fingerprint density at radius 1 is 1.28 bits per heavy atom. The number of ether oxygens (including phenoxy) is 1. The standard InChI is InChI=1S/C13H25N3O2/c1-10-8-15(13(17)14-12-4-5-12)9-11(2)16(10)6-7-18-3/h10-12H,4-9H2,1-3H3,(H,14,17). The molecule has 1 aliphatic carbocycles. The molecule has 2 amide bonds. The molecule has 1 saturated carbocycles. The minimum Gasteiger partial charge on any atom is -0.383 e. The van der Waals surface area contributed by atoms with Gasteiger partial charge in [0.05, 0.1) is 6.61 Å². The number of amides is 2. The zero-order chi connectivity index (χ0) is 13.1. The lowest BCUT2D eigenvalue weighted by Gasteiger charge is -2.44. The van der Waals surface area contributed by atoms with Crippen LogP contribution in [0, 0.1) is 0 Å². The highest BCUT2D eigenvalue weighted by atomic mass is 16.5. The molecule has 0 aromatic heterocycles. The van der Waals surface area contributed by atoms with Gasteiger partial charge in [0.2, 0.25) is 0 Å². The van der Waals surface area contributed by atoms with Crippen molar-refractivity contribution < 1.29 is 9.53 Å². The molecule has 2 unspecified atom stereocenters. The van der Waals surface area contributed by atoms with Crippen LogP contribution in [0.5, 0.6) is 0 Å². The van der Waals surface area contributed by atoms with E-state index in [2.05, 4.69) is 24.1 Å². The maximum atomic E-state index is 12.0. The van der Waals surface area contributed by atoms with Crippen molar-refractivity contribution in [2.75, 3.05) is 33.4 Å². The van der Waals surface area contributed by atoms with Gasteiger partial charge in [-0.25, -0.2) is 4.79 Å². The summed E-state index contributed by atoms with van der Waals surface area (Å²) < 4.78 is 5.14. The first-order valence-electron chi connectivity index (χ1n) is 6.92. The molecule has 1 saturated heterocycles. The molecule has 2 atom stereocenters. The lowest BCUT2D eigenvalue weighted by molar-refractivity contribution is 0.0348. The van der Waals surface area contributed by atoms with Crippen molar-refractivity contribution in [3.63, 3.8) is 0 Å². The minimum absolute atomic E-state index is 0.114. The first-order valence-corrected chi connectivity index (χ1v) is 6.92. The molecule has 0 aromatic carbocycles. The number of rotatable bonds is 4. The van der Waals surface area contributed by atoms with E-state index in [0.29, 0.717) is 18.1 Å². The molecular weight excluding hydrogens is 230 g/mol. The fraction of sp³-hybridized carbons (Fsp3) is 0.923. The molecule has 5 nitrogen and oxygen atoms in total.